The van der Waals surface area contributed by atoms with E-state index in [-0.39, 0.29) is 24.2 Å². The molecule has 0 aliphatic heterocycles. The number of halogens is 1. The number of hydrogen-bond acceptors (Lipinski definition) is 6. The van der Waals surface area contributed by atoms with Gasteiger partial charge in [0.25, 0.3) is 5.91 Å². The predicted molar refractivity (Wildman–Crippen MR) is 116 cm³/mol. The SMILES string of the molecule is Cc1ccc(-n2cc(C(=O)N(Cc3nnc(-c4ccccc4Cl)o3)C(C)C)nn2)cc1. The average Bonchev–Trinajstić information content (AvgIpc) is 3.42. The van der Waals surface area contributed by atoms with Crippen LogP contribution in [0.4, 0.5) is 0 Å². The third-order valence-corrected chi connectivity index (χ3v) is 5.10. The van der Waals surface area contributed by atoms with Crippen LogP contribution < -0.4 is 0 Å². The zero-order chi connectivity index (χ0) is 22.0. The van der Waals surface area contributed by atoms with Crippen molar-refractivity contribution < 1.29 is 9.21 Å². The van der Waals surface area contributed by atoms with Crippen LogP contribution in [-0.4, -0.2) is 42.0 Å². The largest absolute Gasteiger partial charge is 0.419 e. The minimum Gasteiger partial charge on any atom is -0.419 e. The Balaban J connectivity index is 1.54. The fraction of sp³-hybridized carbons (Fsp3) is 0.227. The first-order chi connectivity index (χ1) is 14.9. The van der Waals surface area contributed by atoms with Gasteiger partial charge in [-0.05, 0) is 45.0 Å². The van der Waals surface area contributed by atoms with Gasteiger partial charge in [0.2, 0.25) is 11.8 Å². The number of hydrogen-bond donors (Lipinski definition) is 0. The molecule has 0 aliphatic rings. The van der Waals surface area contributed by atoms with E-state index in [4.69, 9.17) is 16.0 Å². The maximum atomic E-state index is 13.1. The lowest BCUT2D eigenvalue weighted by Gasteiger charge is -2.23. The van der Waals surface area contributed by atoms with E-state index in [1.165, 1.54) is 0 Å². The molecule has 0 atom stereocenters. The molecule has 0 unspecified atom stereocenters. The molecule has 9 heteroatoms. The Bertz CT molecular complexity index is 1200. The quantitative estimate of drug-likeness (QED) is 0.447. The lowest BCUT2D eigenvalue weighted by Crippen LogP contribution is -2.36. The van der Waals surface area contributed by atoms with Gasteiger partial charge in [0, 0.05) is 6.04 Å². The Labute approximate surface area is 184 Å². The van der Waals surface area contributed by atoms with Crippen LogP contribution in [0.1, 0.15) is 35.8 Å². The average molecular weight is 437 g/mol. The Morgan fingerprint density at radius 1 is 1.10 bits per heavy atom. The van der Waals surface area contributed by atoms with E-state index >= 15 is 0 Å². The van der Waals surface area contributed by atoms with Gasteiger partial charge in [0.1, 0.15) is 0 Å². The number of carbonyl (C=O) groups is 1. The Morgan fingerprint density at radius 3 is 2.55 bits per heavy atom. The third kappa shape index (κ3) is 4.49. The maximum absolute atomic E-state index is 13.1. The molecule has 0 saturated carbocycles. The highest BCUT2D eigenvalue weighted by Crippen LogP contribution is 2.26. The molecule has 0 fully saturated rings. The first kappa shape index (κ1) is 20.7. The highest BCUT2D eigenvalue weighted by atomic mass is 35.5. The smallest absolute Gasteiger partial charge is 0.276 e. The zero-order valence-corrected chi connectivity index (χ0v) is 18.1. The van der Waals surface area contributed by atoms with E-state index in [1.807, 2.05) is 57.2 Å². The van der Waals surface area contributed by atoms with Crippen molar-refractivity contribution in [2.24, 2.45) is 0 Å². The molecule has 2 heterocycles. The van der Waals surface area contributed by atoms with Gasteiger partial charge in [-0.3, -0.25) is 4.79 Å². The van der Waals surface area contributed by atoms with Gasteiger partial charge in [-0.2, -0.15) is 0 Å². The predicted octanol–water partition coefficient (Wildman–Crippen LogP) is 4.33. The maximum Gasteiger partial charge on any atom is 0.276 e. The van der Waals surface area contributed by atoms with E-state index in [0.29, 0.717) is 22.4 Å². The van der Waals surface area contributed by atoms with Gasteiger partial charge < -0.3 is 9.32 Å². The van der Waals surface area contributed by atoms with Crippen molar-refractivity contribution in [1.82, 2.24) is 30.1 Å². The van der Waals surface area contributed by atoms with Crippen LogP contribution in [-0.2, 0) is 6.54 Å². The van der Waals surface area contributed by atoms with Crippen LogP contribution >= 0.6 is 11.6 Å². The minimum absolute atomic E-state index is 0.118. The summed E-state index contributed by atoms with van der Waals surface area (Å²) in [5.74, 6) is 0.343. The molecule has 4 aromatic rings. The summed E-state index contributed by atoms with van der Waals surface area (Å²) in [6, 6.07) is 14.9. The third-order valence-electron chi connectivity index (χ3n) is 4.77. The molecule has 8 nitrogen and oxygen atoms in total. The van der Waals surface area contributed by atoms with E-state index in [2.05, 4.69) is 20.5 Å². The van der Waals surface area contributed by atoms with Gasteiger partial charge >= 0.3 is 0 Å². The molecule has 0 saturated heterocycles. The van der Waals surface area contributed by atoms with Crippen LogP contribution in [0.15, 0.2) is 59.1 Å². The minimum atomic E-state index is -0.272. The second-order valence-electron chi connectivity index (χ2n) is 7.39. The lowest BCUT2D eigenvalue weighted by atomic mass is 10.2. The lowest BCUT2D eigenvalue weighted by molar-refractivity contribution is 0.0666. The molecule has 0 N–H and O–H groups in total. The Hall–Kier alpha value is -3.52. The molecule has 2 aromatic carbocycles. The number of amides is 1. The summed E-state index contributed by atoms with van der Waals surface area (Å²) in [6.07, 6.45) is 1.62. The molecule has 4 rings (SSSR count). The standard InChI is InChI=1S/C22H21ClN6O2/c1-14(2)28(13-20-25-26-21(31-20)17-6-4-5-7-18(17)23)22(30)19-12-29(27-24-19)16-10-8-15(3)9-11-16/h4-12,14H,13H2,1-3H3. The number of rotatable bonds is 6. The fourth-order valence-corrected chi connectivity index (χ4v) is 3.24. The number of aromatic nitrogens is 5. The number of carbonyl (C=O) groups excluding carboxylic acids is 1. The Kier molecular flexibility index (Phi) is 5.81. The highest BCUT2D eigenvalue weighted by molar-refractivity contribution is 6.33. The van der Waals surface area contributed by atoms with Gasteiger partial charge in [-0.1, -0.05) is 46.6 Å². The zero-order valence-electron chi connectivity index (χ0n) is 17.4. The van der Waals surface area contributed by atoms with E-state index < -0.39 is 0 Å². The summed E-state index contributed by atoms with van der Waals surface area (Å²) in [5.41, 5.74) is 2.85. The van der Waals surface area contributed by atoms with Crippen LogP contribution in [0, 0.1) is 6.92 Å². The monoisotopic (exact) mass is 436 g/mol. The molecule has 31 heavy (non-hydrogen) atoms. The molecule has 1 amide bonds. The second kappa shape index (κ2) is 8.69. The van der Waals surface area contributed by atoms with Crippen molar-refractivity contribution in [3.63, 3.8) is 0 Å². The van der Waals surface area contributed by atoms with E-state index in [1.54, 1.807) is 27.9 Å². The van der Waals surface area contributed by atoms with Gasteiger partial charge in [-0.25, -0.2) is 4.68 Å². The highest BCUT2D eigenvalue weighted by Gasteiger charge is 2.24. The van der Waals surface area contributed by atoms with E-state index in [0.717, 1.165) is 11.3 Å². The molecular formula is C22H21ClN6O2. The van der Waals surface area contributed by atoms with Crippen molar-refractivity contribution >= 4 is 17.5 Å². The van der Waals surface area contributed by atoms with Gasteiger partial charge in [0.05, 0.1) is 29.0 Å². The first-order valence-electron chi connectivity index (χ1n) is 9.80. The molecule has 0 radical (unpaired) electrons. The van der Waals surface area contributed by atoms with E-state index in [9.17, 15) is 4.79 Å². The van der Waals surface area contributed by atoms with Crippen molar-refractivity contribution in [1.29, 1.82) is 0 Å². The van der Waals surface area contributed by atoms with Crippen molar-refractivity contribution in [3.8, 4) is 17.1 Å². The van der Waals surface area contributed by atoms with Gasteiger partial charge in [0.15, 0.2) is 5.69 Å². The van der Waals surface area contributed by atoms with Crippen LogP contribution in [0.2, 0.25) is 5.02 Å². The summed E-state index contributed by atoms with van der Waals surface area (Å²) < 4.78 is 7.34. The summed E-state index contributed by atoms with van der Waals surface area (Å²) in [5, 5.41) is 16.8. The first-order valence-corrected chi connectivity index (χ1v) is 10.2. The summed E-state index contributed by atoms with van der Waals surface area (Å²) in [6.45, 7) is 5.97. The topological polar surface area (TPSA) is 89.9 Å². The molecule has 0 spiro atoms. The molecule has 2 aromatic heterocycles. The van der Waals surface area contributed by atoms with Crippen molar-refractivity contribution in [2.75, 3.05) is 0 Å². The molecule has 0 aliphatic carbocycles. The molecular weight excluding hydrogens is 416 g/mol. The fourth-order valence-electron chi connectivity index (χ4n) is 3.03. The molecule has 158 valence electrons. The van der Waals surface area contributed by atoms with Crippen LogP contribution in [0.5, 0.6) is 0 Å². The Morgan fingerprint density at radius 2 is 1.84 bits per heavy atom. The summed E-state index contributed by atoms with van der Waals surface area (Å²) >= 11 is 6.21. The second-order valence-corrected chi connectivity index (χ2v) is 7.80. The number of benzene rings is 2. The van der Waals surface area contributed by atoms with Crippen LogP contribution in [0.25, 0.3) is 17.1 Å². The van der Waals surface area contributed by atoms with Crippen LogP contribution in [0.3, 0.4) is 0 Å². The van der Waals surface area contributed by atoms with Gasteiger partial charge in [-0.15, -0.1) is 15.3 Å². The van der Waals surface area contributed by atoms with Crippen molar-refractivity contribution in [2.45, 2.75) is 33.4 Å². The summed E-state index contributed by atoms with van der Waals surface area (Å²) in [7, 11) is 0. The molecule has 0 bridgehead atoms. The number of nitrogens with zero attached hydrogens (tertiary/aromatic N) is 6. The van der Waals surface area contributed by atoms with Crippen molar-refractivity contribution in [3.05, 3.63) is 76.9 Å². The number of aryl methyl sites for hydroxylation is 1. The normalized spacial score (nSPS) is 11.1. The summed E-state index contributed by atoms with van der Waals surface area (Å²) in [4.78, 5) is 14.7.